The van der Waals surface area contributed by atoms with Crippen molar-refractivity contribution in [1.82, 2.24) is 0 Å². The van der Waals surface area contributed by atoms with E-state index in [1.54, 1.807) is 0 Å². The Bertz CT molecular complexity index is 393. The van der Waals surface area contributed by atoms with Gasteiger partial charge in [-0.15, -0.1) is 11.8 Å². The lowest BCUT2D eigenvalue weighted by Gasteiger charge is -2.17. The summed E-state index contributed by atoms with van der Waals surface area (Å²) in [6.07, 6.45) is 2.49. The second-order valence-electron chi connectivity index (χ2n) is 3.86. The number of amides is 1. The molecule has 0 aromatic heterocycles. The van der Waals surface area contributed by atoms with Crippen molar-refractivity contribution in [2.75, 3.05) is 17.6 Å². The molecule has 0 aliphatic carbocycles. The van der Waals surface area contributed by atoms with Gasteiger partial charge in [-0.25, -0.2) is 0 Å². The van der Waals surface area contributed by atoms with Crippen LogP contribution in [-0.4, -0.2) is 18.2 Å². The molecule has 0 atom stereocenters. The van der Waals surface area contributed by atoms with E-state index in [1.165, 1.54) is 10.5 Å². The monoisotopic (exact) mass is 236 g/mol. The van der Waals surface area contributed by atoms with Crippen molar-refractivity contribution in [3.05, 3.63) is 23.8 Å². The fourth-order valence-corrected chi connectivity index (χ4v) is 2.66. The molecule has 0 radical (unpaired) electrons. The Morgan fingerprint density at radius 2 is 2.25 bits per heavy atom. The molecule has 0 saturated heterocycles. The average Bonchev–Trinajstić information content (AvgIpc) is 2.29. The van der Waals surface area contributed by atoms with Gasteiger partial charge in [0.15, 0.2) is 0 Å². The molecule has 3 nitrogen and oxygen atoms in total. The van der Waals surface area contributed by atoms with E-state index < -0.39 is 0 Å². The molecule has 4 heteroatoms. The number of carbonyl (C=O) groups excluding carboxylic acids is 1. The minimum absolute atomic E-state index is 0.121. The molecule has 0 saturated carbocycles. The summed E-state index contributed by atoms with van der Waals surface area (Å²) in [5.74, 6) is 1.18. The first-order valence-electron chi connectivity index (χ1n) is 5.55. The Labute approximate surface area is 99.8 Å². The van der Waals surface area contributed by atoms with Crippen LogP contribution in [0.5, 0.6) is 0 Å². The van der Waals surface area contributed by atoms with Crippen molar-refractivity contribution >= 4 is 23.4 Å². The van der Waals surface area contributed by atoms with Crippen LogP contribution in [0.4, 0.5) is 5.69 Å². The van der Waals surface area contributed by atoms with E-state index in [-0.39, 0.29) is 5.91 Å². The molecule has 86 valence electrons. The standard InChI is InChI=1S/C12H16N2OS/c13-6-1-7-16-10-3-4-11-9(8-10)2-5-12(15)14-11/h3-4,8H,1-2,5-7,13H2,(H,14,15). The molecule has 1 aliphatic rings. The van der Waals surface area contributed by atoms with Gasteiger partial charge in [-0.1, -0.05) is 0 Å². The first kappa shape index (κ1) is 11.5. The fourth-order valence-electron chi connectivity index (χ4n) is 1.72. The maximum Gasteiger partial charge on any atom is 0.224 e. The topological polar surface area (TPSA) is 55.1 Å². The van der Waals surface area contributed by atoms with Gasteiger partial charge < -0.3 is 11.1 Å². The maximum atomic E-state index is 11.2. The van der Waals surface area contributed by atoms with Crippen molar-refractivity contribution in [2.24, 2.45) is 5.73 Å². The molecule has 0 fully saturated rings. The first-order valence-corrected chi connectivity index (χ1v) is 6.54. The van der Waals surface area contributed by atoms with Crippen molar-refractivity contribution in [1.29, 1.82) is 0 Å². The van der Waals surface area contributed by atoms with Crippen LogP contribution in [0.2, 0.25) is 0 Å². The lowest BCUT2D eigenvalue weighted by molar-refractivity contribution is -0.116. The average molecular weight is 236 g/mol. The molecular formula is C12H16N2OS. The molecule has 3 N–H and O–H groups in total. The van der Waals surface area contributed by atoms with Gasteiger partial charge in [0.05, 0.1) is 0 Å². The molecule has 1 heterocycles. The second-order valence-corrected chi connectivity index (χ2v) is 5.03. The summed E-state index contributed by atoms with van der Waals surface area (Å²) >= 11 is 1.83. The summed E-state index contributed by atoms with van der Waals surface area (Å²) in [6.45, 7) is 0.744. The van der Waals surface area contributed by atoms with Crippen molar-refractivity contribution in [3.8, 4) is 0 Å². The Kier molecular flexibility index (Phi) is 3.85. The Hall–Kier alpha value is -1.00. The van der Waals surface area contributed by atoms with E-state index in [9.17, 15) is 4.79 Å². The number of nitrogens with two attached hydrogens (primary N) is 1. The molecule has 2 rings (SSSR count). The number of thioether (sulfide) groups is 1. The minimum Gasteiger partial charge on any atom is -0.330 e. The van der Waals surface area contributed by atoms with Gasteiger partial charge in [-0.2, -0.15) is 0 Å². The van der Waals surface area contributed by atoms with E-state index >= 15 is 0 Å². The lowest BCUT2D eigenvalue weighted by atomic mass is 10.0. The molecule has 1 aromatic rings. The summed E-state index contributed by atoms with van der Waals surface area (Å²) in [5.41, 5.74) is 7.68. The molecule has 1 amide bonds. The molecule has 0 spiro atoms. The van der Waals surface area contributed by atoms with Crippen LogP contribution in [0.15, 0.2) is 23.1 Å². The van der Waals surface area contributed by atoms with Crippen LogP contribution in [0, 0.1) is 0 Å². The van der Waals surface area contributed by atoms with Crippen LogP contribution in [0.1, 0.15) is 18.4 Å². The van der Waals surface area contributed by atoms with E-state index in [0.717, 1.165) is 30.8 Å². The van der Waals surface area contributed by atoms with Gasteiger partial charge in [-0.05, 0) is 48.9 Å². The summed E-state index contributed by atoms with van der Waals surface area (Å²) in [5, 5.41) is 2.89. The number of aryl methyl sites for hydroxylation is 1. The Morgan fingerprint density at radius 3 is 3.06 bits per heavy atom. The highest BCUT2D eigenvalue weighted by molar-refractivity contribution is 7.99. The summed E-state index contributed by atoms with van der Waals surface area (Å²) in [7, 11) is 0. The van der Waals surface area contributed by atoms with Crippen molar-refractivity contribution in [2.45, 2.75) is 24.2 Å². The van der Waals surface area contributed by atoms with Crippen molar-refractivity contribution < 1.29 is 4.79 Å². The number of nitrogens with one attached hydrogen (secondary N) is 1. The number of anilines is 1. The third-order valence-corrected chi connectivity index (χ3v) is 3.67. The van der Waals surface area contributed by atoms with E-state index in [2.05, 4.69) is 17.4 Å². The lowest BCUT2D eigenvalue weighted by Crippen LogP contribution is -2.18. The molecule has 0 unspecified atom stereocenters. The van der Waals surface area contributed by atoms with Crippen molar-refractivity contribution in [3.63, 3.8) is 0 Å². The van der Waals surface area contributed by atoms with Gasteiger partial charge in [-0.3, -0.25) is 4.79 Å². The fraction of sp³-hybridized carbons (Fsp3) is 0.417. The third-order valence-electron chi connectivity index (χ3n) is 2.59. The summed E-state index contributed by atoms with van der Waals surface area (Å²) in [6, 6.07) is 6.23. The normalized spacial score (nSPS) is 14.4. The minimum atomic E-state index is 0.121. The van der Waals surface area contributed by atoms with Crippen LogP contribution in [0.3, 0.4) is 0 Å². The van der Waals surface area contributed by atoms with Crippen LogP contribution < -0.4 is 11.1 Å². The quantitative estimate of drug-likeness (QED) is 0.621. The predicted octanol–water partition coefficient (Wildman–Crippen LogP) is 2.01. The second kappa shape index (κ2) is 5.37. The Balaban J connectivity index is 2.04. The van der Waals surface area contributed by atoms with Crippen LogP contribution >= 0.6 is 11.8 Å². The number of benzene rings is 1. The SMILES string of the molecule is NCCCSc1ccc2c(c1)CCC(=O)N2. The van der Waals surface area contributed by atoms with E-state index in [4.69, 9.17) is 5.73 Å². The smallest absolute Gasteiger partial charge is 0.224 e. The number of carbonyl (C=O) groups is 1. The van der Waals surface area contributed by atoms with Gasteiger partial charge in [0, 0.05) is 17.0 Å². The number of hydrogen-bond acceptors (Lipinski definition) is 3. The van der Waals surface area contributed by atoms with Gasteiger partial charge >= 0.3 is 0 Å². The maximum absolute atomic E-state index is 11.2. The van der Waals surface area contributed by atoms with Gasteiger partial charge in [0.2, 0.25) is 5.91 Å². The van der Waals surface area contributed by atoms with Crippen LogP contribution in [-0.2, 0) is 11.2 Å². The summed E-state index contributed by atoms with van der Waals surface area (Å²) < 4.78 is 0. The number of hydrogen-bond donors (Lipinski definition) is 2. The van der Waals surface area contributed by atoms with Gasteiger partial charge in [0.25, 0.3) is 0 Å². The largest absolute Gasteiger partial charge is 0.330 e. The molecule has 16 heavy (non-hydrogen) atoms. The Morgan fingerprint density at radius 1 is 1.38 bits per heavy atom. The zero-order valence-corrected chi connectivity index (χ0v) is 9.98. The highest BCUT2D eigenvalue weighted by Gasteiger charge is 2.14. The molecule has 1 aliphatic heterocycles. The molecule has 0 bridgehead atoms. The van der Waals surface area contributed by atoms with Crippen LogP contribution in [0.25, 0.3) is 0 Å². The van der Waals surface area contributed by atoms with Gasteiger partial charge in [0.1, 0.15) is 0 Å². The highest BCUT2D eigenvalue weighted by atomic mass is 32.2. The number of fused-ring (bicyclic) bond motifs is 1. The summed E-state index contributed by atoms with van der Waals surface area (Å²) in [4.78, 5) is 12.5. The zero-order chi connectivity index (χ0) is 11.4. The molecule has 1 aromatic carbocycles. The molecular weight excluding hydrogens is 220 g/mol. The first-order chi connectivity index (χ1) is 7.79. The highest BCUT2D eigenvalue weighted by Crippen LogP contribution is 2.28. The zero-order valence-electron chi connectivity index (χ0n) is 9.16. The predicted molar refractivity (Wildman–Crippen MR) is 67.8 cm³/mol. The number of rotatable bonds is 4. The van der Waals surface area contributed by atoms with E-state index in [0.29, 0.717) is 6.42 Å². The third kappa shape index (κ3) is 2.77. The van der Waals surface area contributed by atoms with E-state index in [1.807, 2.05) is 17.8 Å².